The summed E-state index contributed by atoms with van der Waals surface area (Å²) in [6.07, 6.45) is 5.04. The molecule has 18 heavy (non-hydrogen) atoms. The van der Waals surface area contributed by atoms with E-state index < -0.39 is 0 Å². The van der Waals surface area contributed by atoms with Gasteiger partial charge in [-0.05, 0) is 76.0 Å². The lowest BCUT2D eigenvalue weighted by Crippen LogP contribution is -2.33. The van der Waals surface area contributed by atoms with Crippen LogP contribution in [0, 0.1) is 3.57 Å². The third-order valence-electron chi connectivity index (χ3n) is 3.27. The van der Waals surface area contributed by atoms with E-state index in [-0.39, 0.29) is 0 Å². The second kappa shape index (κ2) is 7.10. The number of anilines is 1. The van der Waals surface area contributed by atoms with Crippen LogP contribution in [0.1, 0.15) is 32.6 Å². The average Bonchev–Trinajstić information content (AvgIpc) is 2.35. The zero-order valence-corrected chi connectivity index (χ0v) is 14.3. The summed E-state index contributed by atoms with van der Waals surface area (Å²) < 4.78 is 8.18. The molecule has 0 amide bonds. The van der Waals surface area contributed by atoms with E-state index in [1.165, 1.54) is 22.1 Å². The fraction of sp³-hybridized carbons (Fsp3) is 0.571. The van der Waals surface area contributed by atoms with Crippen molar-refractivity contribution in [1.82, 2.24) is 0 Å². The molecule has 0 aliphatic carbocycles. The Balaban J connectivity index is 1.93. The maximum atomic E-state index is 5.78. The summed E-state index contributed by atoms with van der Waals surface area (Å²) in [5, 5.41) is 3.62. The van der Waals surface area contributed by atoms with Crippen LogP contribution in [0.4, 0.5) is 5.69 Å². The molecule has 2 rings (SSSR count). The van der Waals surface area contributed by atoms with Crippen molar-refractivity contribution in [2.24, 2.45) is 0 Å². The van der Waals surface area contributed by atoms with E-state index in [0.717, 1.165) is 23.9 Å². The average molecular weight is 424 g/mol. The van der Waals surface area contributed by atoms with Gasteiger partial charge in [-0.25, -0.2) is 0 Å². The summed E-state index contributed by atoms with van der Waals surface area (Å²) in [7, 11) is 0. The first-order valence-electron chi connectivity index (χ1n) is 6.52. The Labute approximate surface area is 131 Å². The molecule has 100 valence electrons. The molecule has 1 aromatic rings. The molecule has 0 saturated carbocycles. The zero-order valence-electron chi connectivity index (χ0n) is 10.6. The van der Waals surface area contributed by atoms with Crippen LogP contribution in [0.3, 0.4) is 0 Å². The minimum atomic E-state index is 0.438. The lowest BCUT2D eigenvalue weighted by atomic mass is 10.00. The molecule has 2 unspecified atom stereocenters. The van der Waals surface area contributed by atoms with E-state index in [4.69, 9.17) is 4.74 Å². The SMILES string of the molecule is CCCC1CC(Nc2ccc(I)c(Br)c2)CCO1. The minimum Gasteiger partial charge on any atom is -0.382 e. The highest BCUT2D eigenvalue weighted by molar-refractivity contribution is 14.1. The second-order valence-corrected chi connectivity index (χ2v) is 6.79. The highest BCUT2D eigenvalue weighted by Gasteiger charge is 2.21. The van der Waals surface area contributed by atoms with Crippen molar-refractivity contribution in [1.29, 1.82) is 0 Å². The number of ether oxygens (including phenoxy) is 1. The molecule has 0 bridgehead atoms. The van der Waals surface area contributed by atoms with Gasteiger partial charge in [-0.15, -0.1) is 0 Å². The molecule has 1 heterocycles. The van der Waals surface area contributed by atoms with Crippen molar-refractivity contribution in [2.75, 3.05) is 11.9 Å². The Kier molecular flexibility index (Phi) is 5.76. The van der Waals surface area contributed by atoms with Gasteiger partial charge in [-0.1, -0.05) is 13.3 Å². The Morgan fingerprint density at radius 1 is 1.50 bits per heavy atom. The van der Waals surface area contributed by atoms with Gasteiger partial charge in [-0.3, -0.25) is 0 Å². The van der Waals surface area contributed by atoms with E-state index in [0.29, 0.717) is 12.1 Å². The molecule has 1 aromatic carbocycles. The first-order valence-corrected chi connectivity index (χ1v) is 8.39. The number of hydrogen-bond acceptors (Lipinski definition) is 2. The van der Waals surface area contributed by atoms with Crippen LogP contribution in [-0.2, 0) is 4.74 Å². The van der Waals surface area contributed by atoms with E-state index in [9.17, 15) is 0 Å². The first kappa shape index (κ1) is 14.6. The van der Waals surface area contributed by atoms with Crippen molar-refractivity contribution in [2.45, 2.75) is 44.8 Å². The molecular weight excluding hydrogens is 405 g/mol. The van der Waals surface area contributed by atoms with Gasteiger partial charge in [0.15, 0.2) is 0 Å². The summed E-state index contributed by atoms with van der Waals surface area (Å²) >= 11 is 5.91. The predicted octanol–water partition coefficient (Wildman–Crippen LogP) is 4.81. The van der Waals surface area contributed by atoms with E-state index >= 15 is 0 Å². The van der Waals surface area contributed by atoms with Crippen molar-refractivity contribution < 1.29 is 4.74 Å². The molecule has 0 spiro atoms. The van der Waals surface area contributed by atoms with Crippen LogP contribution >= 0.6 is 38.5 Å². The summed E-state index contributed by atoms with van der Waals surface area (Å²) in [6, 6.07) is 6.99. The Morgan fingerprint density at radius 2 is 2.33 bits per heavy atom. The van der Waals surface area contributed by atoms with E-state index in [2.05, 4.69) is 69.0 Å². The largest absolute Gasteiger partial charge is 0.382 e. The molecule has 0 aromatic heterocycles. The minimum absolute atomic E-state index is 0.438. The summed E-state index contributed by atoms with van der Waals surface area (Å²) in [5.41, 5.74) is 1.20. The Morgan fingerprint density at radius 3 is 3.06 bits per heavy atom. The number of rotatable bonds is 4. The number of nitrogens with one attached hydrogen (secondary N) is 1. The smallest absolute Gasteiger partial charge is 0.0594 e. The van der Waals surface area contributed by atoms with Crippen LogP contribution < -0.4 is 5.32 Å². The van der Waals surface area contributed by atoms with Crippen LogP contribution in [0.25, 0.3) is 0 Å². The molecule has 4 heteroatoms. The van der Waals surface area contributed by atoms with Gasteiger partial charge in [-0.2, -0.15) is 0 Å². The van der Waals surface area contributed by atoms with Crippen molar-refractivity contribution >= 4 is 44.2 Å². The highest BCUT2D eigenvalue weighted by Crippen LogP contribution is 2.26. The monoisotopic (exact) mass is 423 g/mol. The topological polar surface area (TPSA) is 21.3 Å². The van der Waals surface area contributed by atoms with Crippen LogP contribution in [0.2, 0.25) is 0 Å². The third-order valence-corrected chi connectivity index (χ3v) is 5.61. The van der Waals surface area contributed by atoms with Crippen molar-refractivity contribution in [3.8, 4) is 0 Å². The fourth-order valence-corrected chi connectivity index (χ4v) is 3.07. The molecule has 1 fully saturated rings. The van der Waals surface area contributed by atoms with Gasteiger partial charge < -0.3 is 10.1 Å². The summed E-state index contributed by atoms with van der Waals surface area (Å²) in [6.45, 7) is 3.10. The number of halogens is 2. The molecule has 1 aliphatic rings. The van der Waals surface area contributed by atoms with Gasteiger partial charge in [0.05, 0.1) is 6.10 Å². The quantitative estimate of drug-likeness (QED) is 0.701. The van der Waals surface area contributed by atoms with Crippen LogP contribution in [0.15, 0.2) is 22.7 Å². The van der Waals surface area contributed by atoms with Crippen LogP contribution in [0.5, 0.6) is 0 Å². The van der Waals surface area contributed by atoms with Gasteiger partial charge in [0.2, 0.25) is 0 Å². The number of benzene rings is 1. The second-order valence-electron chi connectivity index (χ2n) is 4.78. The maximum Gasteiger partial charge on any atom is 0.0594 e. The van der Waals surface area contributed by atoms with Crippen molar-refractivity contribution in [3.63, 3.8) is 0 Å². The molecule has 2 atom stereocenters. The summed E-state index contributed by atoms with van der Waals surface area (Å²) in [5.74, 6) is 0. The van der Waals surface area contributed by atoms with E-state index in [1.54, 1.807) is 0 Å². The predicted molar refractivity (Wildman–Crippen MR) is 88.2 cm³/mol. The molecule has 2 nitrogen and oxygen atoms in total. The third kappa shape index (κ3) is 4.10. The van der Waals surface area contributed by atoms with Crippen LogP contribution in [-0.4, -0.2) is 18.8 Å². The molecule has 1 aliphatic heterocycles. The fourth-order valence-electron chi connectivity index (χ4n) is 2.36. The lowest BCUT2D eigenvalue weighted by molar-refractivity contribution is 0.00598. The first-order chi connectivity index (χ1) is 8.69. The Bertz CT molecular complexity index is 397. The molecule has 0 radical (unpaired) electrons. The van der Waals surface area contributed by atoms with Gasteiger partial charge in [0.1, 0.15) is 0 Å². The molecule has 1 saturated heterocycles. The zero-order chi connectivity index (χ0) is 13.0. The van der Waals surface area contributed by atoms with Crippen molar-refractivity contribution in [3.05, 3.63) is 26.2 Å². The maximum absolute atomic E-state index is 5.78. The van der Waals surface area contributed by atoms with Gasteiger partial charge in [0.25, 0.3) is 0 Å². The number of hydrogen-bond donors (Lipinski definition) is 1. The Hall–Kier alpha value is 0.190. The van der Waals surface area contributed by atoms with Gasteiger partial charge in [0, 0.05) is 26.4 Å². The molecular formula is C14H19BrINO. The van der Waals surface area contributed by atoms with Gasteiger partial charge >= 0.3 is 0 Å². The van der Waals surface area contributed by atoms with E-state index in [1.807, 2.05) is 0 Å². The summed E-state index contributed by atoms with van der Waals surface area (Å²) in [4.78, 5) is 0. The normalized spacial score (nSPS) is 23.9. The standard InChI is InChI=1S/C14H19BrINO/c1-2-3-12-8-11(6-7-18-12)17-10-4-5-14(16)13(15)9-10/h4-5,9,11-12,17H,2-3,6-8H2,1H3. The molecule has 1 N–H and O–H groups in total. The lowest BCUT2D eigenvalue weighted by Gasteiger charge is -2.30. The highest BCUT2D eigenvalue weighted by atomic mass is 127.